The minimum absolute atomic E-state index is 0.235. The van der Waals surface area contributed by atoms with Gasteiger partial charge in [0.2, 0.25) is 0 Å². The number of hydrogen-bond acceptors (Lipinski definition) is 4. The SMILES string of the molecule is COc1ccc(F)cc1-c1ccnc2[nH]c(C3=CCC([C@@](N)(C(=O)O)c4ccccc4)CC3)cc12. The molecule has 1 aliphatic carbocycles. The number of pyridine rings is 1. The molecule has 0 fully saturated rings. The van der Waals surface area contributed by atoms with Crippen molar-refractivity contribution in [2.75, 3.05) is 7.11 Å². The fourth-order valence-electron chi connectivity index (χ4n) is 5.07. The Hall–Kier alpha value is -3.97. The molecule has 6 nitrogen and oxygen atoms in total. The number of rotatable bonds is 6. The second-order valence-corrected chi connectivity index (χ2v) is 8.89. The largest absolute Gasteiger partial charge is 0.496 e. The molecule has 0 bridgehead atoms. The number of allylic oxidation sites excluding steroid dienone is 2. The Morgan fingerprint density at radius 2 is 1.97 bits per heavy atom. The average Bonchev–Trinajstić information content (AvgIpc) is 3.33. The fraction of sp³-hybridized carbons (Fsp3) is 0.214. The molecule has 1 unspecified atom stereocenters. The number of ether oxygens (including phenoxy) is 1. The molecule has 4 aromatic rings. The van der Waals surface area contributed by atoms with Crippen LogP contribution < -0.4 is 10.5 Å². The van der Waals surface area contributed by atoms with Crippen LogP contribution in [0.5, 0.6) is 5.75 Å². The maximum Gasteiger partial charge on any atom is 0.328 e. The molecule has 0 aliphatic heterocycles. The van der Waals surface area contributed by atoms with E-state index in [0.29, 0.717) is 41.8 Å². The van der Waals surface area contributed by atoms with Crippen LogP contribution >= 0.6 is 0 Å². The zero-order chi connectivity index (χ0) is 24.6. The molecule has 178 valence electrons. The Bertz CT molecular complexity index is 1430. The zero-order valence-corrected chi connectivity index (χ0v) is 19.3. The van der Waals surface area contributed by atoms with Crippen molar-refractivity contribution >= 4 is 22.6 Å². The first-order chi connectivity index (χ1) is 16.9. The van der Waals surface area contributed by atoms with Crippen LogP contribution in [-0.2, 0) is 10.3 Å². The lowest BCUT2D eigenvalue weighted by Crippen LogP contribution is -2.51. The lowest BCUT2D eigenvalue weighted by Gasteiger charge is -2.36. The highest BCUT2D eigenvalue weighted by Gasteiger charge is 2.44. The summed E-state index contributed by atoms with van der Waals surface area (Å²) in [6.45, 7) is 0. The summed E-state index contributed by atoms with van der Waals surface area (Å²) in [5.41, 5.74) is 9.82. The molecule has 0 saturated carbocycles. The van der Waals surface area contributed by atoms with Crippen LogP contribution in [0.4, 0.5) is 4.39 Å². The number of aromatic nitrogens is 2. The molecule has 1 aliphatic rings. The summed E-state index contributed by atoms with van der Waals surface area (Å²) in [4.78, 5) is 20.1. The first-order valence-electron chi connectivity index (χ1n) is 11.5. The van der Waals surface area contributed by atoms with Gasteiger partial charge in [-0.3, -0.25) is 0 Å². The molecule has 7 heteroatoms. The van der Waals surface area contributed by atoms with Crippen LogP contribution in [0.25, 0.3) is 27.7 Å². The number of hydrogen-bond donors (Lipinski definition) is 3. The van der Waals surface area contributed by atoms with E-state index in [2.05, 4.69) is 16.0 Å². The zero-order valence-electron chi connectivity index (χ0n) is 19.3. The van der Waals surface area contributed by atoms with Gasteiger partial charge in [-0.2, -0.15) is 0 Å². The molecule has 2 aromatic heterocycles. The summed E-state index contributed by atoms with van der Waals surface area (Å²) in [5.74, 6) is -1.02. The number of nitrogens with one attached hydrogen (secondary N) is 1. The third-order valence-electron chi connectivity index (χ3n) is 6.99. The van der Waals surface area contributed by atoms with Crippen molar-refractivity contribution in [3.8, 4) is 16.9 Å². The van der Waals surface area contributed by atoms with Gasteiger partial charge in [0.1, 0.15) is 22.8 Å². The molecule has 4 N–H and O–H groups in total. The molecule has 35 heavy (non-hydrogen) atoms. The van der Waals surface area contributed by atoms with Crippen molar-refractivity contribution in [2.24, 2.45) is 11.7 Å². The van der Waals surface area contributed by atoms with Gasteiger partial charge >= 0.3 is 5.97 Å². The maximum absolute atomic E-state index is 14.0. The fourth-order valence-corrected chi connectivity index (χ4v) is 5.07. The normalized spacial score (nSPS) is 17.6. The molecule has 2 heterocycles. The van der Waals surface area contributed by atoms with Crippen molar-refractivity contribution in [2.45, 2.75) is 24.8 Å². The summed E-state index contributed by atoms with van der Waals surface area (Å²) in [5, 5.41) is 10.9. The summed E-state index contributed by atoms with van der Waals surface area (Å²) in [6, 6.07) is 17.3. The second-order valence-electron chi connectivity index (χ2n) is 8.89. The summed E-state index contributed by atoms with van der Waals surface area (Å²) < 4.78 is 19.5. The number of benzene rings is 2. The quantitative estimate of drug-likeness (QED) is 0.345. The monoisotopic (exact) mass is 471 g/mol. The van der Waals surface area contributed by atoms with Crippen molar-refractivity contribution in [1.82, 2.24) is 9.97 Å². The third-order valence-corrected chi connectivity index (χ3v) is 6.99. The van der Waals surface area contributed by atoms with E-state index < -0.39 is 11.5 Å². The van der Waals surface area contributed by atoms with Gasteiger partial charge in [0.15, 0.2) is 0 Å². The summed E-state index contributed by atoms with van der Waals surface area (Å²) in [7, 11) is 1.56. The van der Waals surface area contributed by atoms with Gasteiger partial charge < -0.3 is 20.6 Å². The van der Waals surface area contributed by atoms with Gasteiger partial charge in [-0.25, -0.2) is 14.2 Å². The van der Waals surface area contributed by atoms with Crippen molar-refractivity contribution in [3.05, 3.63) is 90.0 Å². The van der Waals surface area contributed by atoms with E-state index >= 15 is 0 Å². The number of carbonyl (C=O) groups is 1. The van der Waals surface area contributed by atoms with E-state index in [0.717, 1.165) is 22.2 Å². The highest BCUT2D eigenvalue weighted by Crippen LogP contribution is 2.41. The van der Waals surface area contributed by atoms with Gasteiger partial charge in [-0.05, 0) is 72.2 Å². The molecule has 0 saturated heterocycles. The highest BCUT2D eigenvalue weighted by molar-refractivity contribution is 5.96. The number of nitrogens with two attached hydrogens (primary N) is 1. The van der Waals surface area contributed by atoms with E-state index in [9.17, 15) is 14.3 Å². The minimum atomic E-state index is -1.45. The molecule has 0 radical (unpaired) electrons. The average molecular weight is 472 g/mol. The second kappa shape index (κ2) is 9.00. The number of aliphatic carboxylic acids is 1. The van der Waals surface area contributed by atoms with Crippen molar-refractivity contribution in [3.63, 3.8) is 0 Å². The Labute approximate surface area is 202 Å². The third kappa shape index (κ3) is 3.98. The van der Waals surface area contributed by atoms with Crippen LogP contribution in [0, 0.1) is 11.7 Å². The van der Waals surface area contributed by atoms with Crippen LogP contribution in [0.3, 0.4) is 0 Å². The Balaban J connectivity index is 1.49. The van der Waals surface area contributed by atoms with Crippen molar-refractivity contribution < 1.29 is 19.0 Å². The number of carboxylic acid groups (broad SMARTS) is 1. The van der Waals surface area contributed by atoms with Gasteiger partial charge in [-0.1, -0.05) is 36.4 Å². The van der Waals surface area contributed by atoms with Crippen LogP contribution in [0.1, 0.15) is 30.5 Å². The number of aromatic amines is 1. The van der Waals surface area contributed by atoms with Crippen molar-refractivity contribution in [1.29, 1.82) is 0 Å². The number of carboxylic acids is 1. The number of methoxy groups -OCH3 is 1. The van der Waals surface area contributed by atoms with Crippen LogP contribution in [0.2, 0.25) is 0 Å². The number of halogens is 1. The van der Waals surface area contributed by atoms with Crippen LogP contribution in [0.15, 0.2) is 72.9 Å². The lowest BCUT2D eigenvalue weighted by molar-refractivity contribution is -0.146. The smallest absolute Gasteiger partial charge is 0.328 e. The van der Waals surface area contributed by atoms with Gasteiger partial charge in [0.05, 0.1) is 7.11 Å². The Morgan fingerprint density at radius 1 is 1.17 bits per heavy atom. The minimum Gasteiger partial charge on any atom is -0.496 e. The Morgan fingerprint density at radius 3 is 2.66 bits per heavy atom. The molecular weight excluding hydrogens is 445 g/mol. The molecule has 0 spiro atoms. The van der Waals surface area contributed by atoms with Gasteiger partial charge in [0, 0.05) is 22.8 Å². The molecule has 0 amide bonds. The maximum atomic E-state index is 14.0. The molecule has 2 atom stereocenters. The van der Waals surface area contributed by atoms with E-state index in [-0.39, 0.29) is 11.7 Å². The highest BCUT2D eigenvalue weighted by atomic mass is 19.1. The first kappa shape index (κ1) is 22.8. The van der Waals surface area contributed by atoms with E-state index in [1.165, 1.54) is 12.1 Å². The van der Waals surface area contributed by atoms with Crippen LogP contribution in [-0.4, -0.2) is 28.2 Å². The van der Waals surface area contributed by atoms with Gasteiger partial charge in [0.25, 0.3) is 0 Å². The molecule has 2 aromatic carbocycles. The van der Waals surface area contributed by atoms with Gasteiger partial charge in [-0.15, -0.1) is 0 Å². The van der Waals surface area contributed by atoms with E-state index in [4.69, 9.17) is 10.5 Å². The molecule has 5 rings (SSSR count). The predicted octanol–water partition coefficient (Wildman–Crippen LogP) is 5.50. The predicted molar refractivity (Wildman–Crippen MR) is 133 cm³/mol. The summed E-state index contributed by atoms with van der Waals surface area (Å²) >= 11 is 0. The Kier molecular flexibility index (Phi) is 5.86. The lowest BCUT2D eigenvalue weighted by atomic mass is 9.72. The number of fused-ring (bicyclic) bond motifs is 1. The number of H-pyrrole nitrogens is 1. The topological polar surface area (TPSA) is 101 Å². The first-order valence-corrected chi connectivity index (χ1v) is 11.5. The number of nitrogens with zero attached hydrogens (tertiary/aromatic N) is 1. The standard InChI is InChI=1S/C28H26FN3O3/c1-35-25-12-11-20(29)15-22(25)21-13-14-31-26-23(21)16-24(32-26)17-7-9-19(10-8-17)28(30,27(33)34)18-5-3-2-4-6-18/h2-7,11-16,19H,8-10,30H2,1H3,(H,31,32)(H,33,34)/t19?,28-/m1/s1. The van der Waals surface area contributed by atoms with E-state index in [1.54, 1.807) is 31.5 Å². The van der Waals surface area contributed by atoms with E-state index in [1.807, 2.05) is 30.3 Å². The molecular formula is C28H26FN3O3. The summed E-state index contributed by atoms with van der Waals surface area (Å²) in [6.07, 6.45) is 5.60.